The Hall–Kier alpha value is -1.66. The SMILES string of the molecule is CN(Cc1ccoc1)S(=O)(=O)c1ccccc1F. The van der Waals surface area contributed by atoms with Crippen LogP contribution in [0.3, 0.4) is 0 Å². The minimum absolute atomic E-state index is 0.132. The largest absolute Gasteiger partial charge is 0.472 e. The van der Waals surface area contributed by atoms with Crippen LogP contribution < -0.4 is 0 Å². The van der Waals surface area contributed by atoms with Crippen LogP contribution in [-0.2, 0) is 16.6 Å². The Balaban J connectivity index is 2.29. The van der Waals surface area contributed by atoms with Crippen molar-refractivity contribution in [3.63, 3.8) is 0 Å². The van der Waals surface area contributed by atoms with E-state index in [1.54, 1.807) is 6.07 Å². The number of hydrogen-bond donors (Lipinski definition) is 0. The lowest BCUT2D eigenvalue weighted by Gasteiger charge is -2.16. The van der Waals surface area contributed by atoms with Crippen molar-refractivity contribution in [3.05, 3.63) is 54.2 Å². The van der Waals surface area contributed by atoms with E-state index in [1.807, 2.05) is 0 Å². The third kappa shape index (κ3) is 2.44. The molecule has 0 unspecified atom stereocenters. The van der Waals surface area contributed by atoms with E-state index in [2.05, 4.69) is 0 Å². The van der Waals surface area contributed by atoms with Gasteiger partial charge in [-0.1, -0.05) is 12.1 Å². The first-order valence-electron chi connectivity index (χ1n) is 5.24. The maximum absolute atomic E-state index is 13.5. The molecule has 0 N–H and O–H groups in total. The van der Waals surface area contributed by atoms with Crippen LogP contribution in [0.15, 0.2) is 52.2 Å². The molecule has 0 bridgehead atoms. The minimum atomic E-state index is -3.83. The van der Waals surface area contributed by atoms with Crippen LogP contribution >= 0.6 is 0 Å². The van der Waals surface area contributed by atoms with E-state index in [0.717, 1.165) is 10.4 Å². The molecule has 2 aromatic rings. The van der Waals surface area contributed by atoms with Crippen LogP contribution in [0.1, 0.15) is 5.56 Å². The fraction of sp³-hybridized carbons (Fsp3) is 0.167. The van der Waals surface area contributed by atoms with Gasteiger partial charge >= 0.3 is 0 Å². The Labute approximate surface area is 105 Å². The Bertz CT molecular complexity index is 623. The number of halogens is 1. The first-order valence-corrected chi connectivity index (χ1v) is 6.68. The molecule has 0 amide bonds. The number of rotatable bonds is 4. The van der Waals surface area contributed by atoms with Crippen LogP contribution in [0.2, 0.25) is 0 Å². The van der Waals surface area contributed by atoms with Gasteiger partial charge in [0.15, 0.2) is 0 Å². The molecule has 1 aromatic carbocycles. The molecule has 0 aliphatic rings. The van der Waals surface area contributed by atoms with Crippen molar-refractivity contribution in [2.75, 3.05) is 7.05 Å². The number of sulfonamides is 1. The van der Waals surface area contributed by atoms with Gasteiger partial charge in [-0.05, 0) is 18.2 Å². The summed E-state index contributed by atoms with van der Waals surface area (Å²) in [5, 5.41) is 0. The monoisotopic (exact) mass is 269 g/mol. The molecule has 1 heterocycles. The normalized spacial score (nSPS) is 11.9. The van der Waals surface area contributed by atoms with Crippen LogP contribution in [-0.4, -0.2) is 19.8 Å². The molecule has 0 aliphatic heterocycles. The summed E-state index contributed by atoms with van der Waals surface area (Å²) in [6.45, 7) is 0.132. The molecule has 0 saturated carbocycles. The average molecular weight is 269 g/mol. The van der Waals surface area contributed by atoms with Crippen molar-refractivity contribution in [2.24, 2.45) is 0 Å². The summed E-state index contributed by atoms with van der Waals surface area (Å²) in [6.07, 6.45) is 2.91. The molecule has 0 radical (unpaired) electrons. The predicted molar refractivity (Wildman–Crippen MR) is 63.8 cm³/mol. The Morgan fingerprint density at radius 3 is 2.61 bits per heavy atom. The Kier molecular flexibility index (Phi) is 3.49. The van der Waals surface area contributed by atoms with Crippen molar-refractivity contribution in [3.8, 4) is 0 Å². The second-order valence-corrected chi connectivity index (χ2v) is 5.84. The fourth-order valence-corrected chi connectivity index (χ4v) is 2.77. The molecule has 0 saturated heterocycles. The lowest BCUT2D eigenvalue weighted by molar-refractivity contribution is 0.457. The summed E-state index contributed by atoms with van der Waals surface area (Å²) >= 11 is 0. The van der Waals surface area contributed by atoms with E-state index in [9.17, 15) is 12.8 Å². The van der Waals surface area contributed by atoms with Gasteiger partial charge in [-0.3, -0.25) is 0 Å². The molecule has 6 heteroatoms. The molecule has 2 rings (SSSR count). The molecular formula is C12H12FNO3S. The van der Waals surface area contributed by atoms with Gasteiger partial charge in [0.1, 0.15) is 10.7 Å². The quantitative estimate of drug-likeness (QED) is 0.855. The van der Waals surface area contributed by atoms with Crippen LogP contribution in [0.25, 0.3) is 0 Å². The van der Waals surface area contributed by atoms with E-state index in [-0.39, 0.29) is 11.4 Å². The molecule has 18 heavy (non-hydrogen) atoms. The zero-order chi connectivity index (χ0) is 13.2. The molecule has 4 nitrogen and oxygen atoms in total. The molecule has 0 spiro atoms. The molecule has 0 atom stereocenters. The molecule has 1 aromatic heterocycles. The van der Waals surface area contributed by atoms with E-state index in [0.29, 0.717) is 5.56 Å². The second kappa shape index (κ2) is 4.91. The summed E-state index contributed by atoms with van der Waals surface area (Å²) in [5.41, 5.74) is 0.706. The highest BCUT2D eigenvalue weighted by atomic mass is 32.2. The Morgan fingerprint density at radius 2 is 2.00 bits per heavy atom. The van der Waals surface area contributed by atoms with Gasteiger partial charge in [0, 0.05) is 19.2 Å². The van der Waals surface area contributed by atoms with Gasteiger partial charge in [0.2, 0.25) is 10.0 Å². The number of nitrogens with zero attached hydrogens (tertiary/aromatic N) is 1. The van der Waals surface area contributed by atoms with Gasteiger partial charge < -0.3 is 4.42 Å². The van der Waals surface area contributed by atoms with E-state index >= 15 is 0 Å². The van der Waals surface area contributed by atoms with E-state index in [4.69, 9.17) is 4.42 Å². The zero-order valence-corrected chi connectivity index (χ0v) is 10.5. The average Bonchev–Trinajstić information content (AvgIpc) is 2.82. The summed E-state index contributed by atoms with van der Waals surface area (Å²) in [4.78, 5) is -0.323. The first kappa shape index (κ1) is 12.8. The third-order valence-corrected chi connectivity index (χ3v) is 4.35. The van der Waals surface area contributed by atoms with Crippen molar-refractivity contribution in [2.45, 2.75) is 11.4 Å². The second-order valence-electron chi connectivity index (χ2n) is 3.82. The summed E-state index contributed by atoms with van der Waals surface area (Å²) in [6, 6.07) is 6.97. The predicted octanol–water partition coefficient (Wildman–Crippen LogP) is 2.24. The number of hydrogen-bond acceptors (Lipinski definition) is 3. The Morgan fingerprint density at radius 1 is 1.28 bits per heavy atom. The lowest BCUT2D eigenvalue weighted by atomic mass is 10.3. The van der Waals surface area contributed by atoms with Crippen molar-refractivity contribution >= 4 is 10.0 Å². The molecule has 0 aliphatic carbocycles. The first-order chi connectivity index (χ1) is 8.51. The molecule has 0 fully saturated rings. The highest BCUT2D eigenvalue weighted by Gasteiger charge is 2.24. The summed E-state index contributed by atoms with van der Waals surface area (Å²) in [7, 11) is -2.43. The van der Waals surface area contributed by atoms with Gasteiger partial charge in [-0.25, -0.2) is 12.8 Å². The van der Waals surface area contributed by atoms with Gasteiger partial charge in [-0.15, -0.1) is 0 Å². The van der Waals surface area contributed by atoms with Crippen LogP contribution in [0.4, 0.5) is 4.39 Å². The van der Waals surface area contributed by atoms with Crippen molar-refractivity contribution < 1.29 is 17.2 Å². The van der Waals surface area contributed by atoms with Gasteiger partial charge in [0.25, 0.3) is 0 Å². The van der Waals surface area contributed by atoms with Crippen LogP contribution in [0.5, 0.6) is 0 Å². The summed E-state index contributed by atoms with van der Waals surface area (Å²) < 4.78 is 43.7. The van der Waals surface area contributed by atoms with E-state index < -0.39 is 15.8 Å². The minimum Gasteiger partial charge on any atom is -0.472 e. The van der Waals surface area contributed by atoms with Gasteiger partial charge in [0.05, 0.1) is 12.5 Å². The molecular weight excluding hydrogens is 257 g/mol. The van der Waals surface area contributed by atoms with Gasteiger partial charge in [-0.2, -0.15) is 4.31 Å². The fourth-order valence-electron chi connectivity index (χ4n) is 1.55. The number of furan rings is 1. The van der Waals surface area contributed by atoms with Crippen molar-refractivity contribution in [1.82, 2.24) is 4.31 Å². The maximum Gasteiger partial charge on any atom is 0.246 e. The van der Waals surface area contributed by atoms with E-state index in [1.165, 1.54) is 37.8 Å². The standard InChI is InChI=1S/C12H12FNO3S/c1-14(8-10-6-7-17-9-10)18(15,16)12-5-3-2-4-11(12)13/h2-7,9H,8H2,1H3. The highest BCUT2D eigenvalue weighted by molar-refractivity contribution is 7.89. The third-order valence-electron chi connectivity index (χ3n) is 2.51. The smallest absolute Gasteiger partial charge is 0.246 e. The number of benzene rings is 1. The zero-order valence-electron chi connectivity index (χ0n) is 9.71. The maximum atomic E-state index is 13.5. The summed E-state index contributed by atoms with van der Waals surface area (Å²) in [5.74, 6) is -0.753. The van der Waals surface area contributed by atoms with Crippen LogP contribution in [0, 0.1) is 5.82 Å². The highest BCUT2D eigenvalue weighted by Crippen LogP contribution is 2.19. The van der Waals surface area contributed by atoms with Crippen molar-refractivity contribution in [1.29, 1.82) is 0 Å². The molecule has 96 valence electrons. The topological polar surface area (TPSA) is 50.5 Å². The lowest BCUT2D eigenvalue weighted by Crippen LogP contribution is -2.27.